The summed E-state index contributed by atoms with van der Waals surface area (Å²) < 4.78 is 4.90. The summed E-state index contributed by atoms with van der Waals surface area (Å²) in [5.74, 6) is 0.0609. The van der Waals surface area contributed by atoms with Crippen molar-refractivity contribution < 1.29 is 19.7 Å². The van der Waals surface area contributed by atoms with Crippen LogP contribution in [0.25, 0.3) is 0 Å². The number of hydrogen-bond acceptors (Lipinski definition) is 4. The Balaban J connectivity index is 0.000000235. The van der Waals surface area contributed by atoms with Crippen molar-refractivity contribution in [1.82, 2.24) is 0 Å². The molecule has 0 spiro atoms. The van der Waals surface area contributed by atoms with Crippen molar-refractivity contribution in [3.8, 4) is 11.5 Å². The van der Waals surface area contributed by atoms with E-state index in [9.17, 15) is 4.79 Å². The number of phenols is 2. The van der Waals surface area contributed by atoms with Crippen LogP contribution in [0, 0.1) is 6.92 Å². The van der Waals surface area contributed by atoms with Crippen LogP contribution in [0.2, 0.25) is 5.02 Å². The SMILES string of the molecule is CCCOC(=O)c1ccc(O)cc1.Cc1cc(O)ccc1Cl. The van der Waals surface area contributed by atoms with Crippen molar-refractivity contribution in [2.24, 2.45) is 0 Å². The van der Waals surface area contributed by atoms with Gasteiger partial charge in [0, 0.05) is 5.02 Å². The standard InChI is InChI=1S/C10H12O3.C7H7ClO/c1-2-7-13-10(12)8-3-5-9(11)6-4-8;1-5-4-6(9)2-3-7(5)8/h3-6,11H,2,7H2,1H3;2-4,9H,1H3. The Bertz CT molecular complexity index is 609. The van der Waals surface area contributed by atoms with Crippen molar-refractivity contribution >= 4 is 17.6 Å². The van der Waals surface area contributed by atoms with E-state index in [1.54, 1.807) is 18.2 Å². The molecule has 0 saturated carbocycles. The van der Waals surface area contributed by atoms with E-state index in [1.165, 1.54) is 24.3 Å². The maximum absolute atomic E-state index is 11.2. The molecule has 2 aromatic carbocycles. The van der Waals surface area contributed by atoms with Crippen LogP contribution < -0.4 is 0 Å². The van der Waals surface area contributed by atoms with Crippen LogP contribution in [0.1, 0.15) is 29.3 Å². The van der Waals surface area contributed by atoms with Gasteiger partial charge < -0.3 is 14.9 Å². The van der Waals surface area contributed by atoms with Crippen molar-refractivity contribution in [2.45, 2.75) is 20.3 Å². The third-order valence-electron chi connectivity index (χ3n) is 2.68. The summed E-state index contributed by atoms with van der Waals surface area (Å²) in [5, 5.41) is 18.5. The van der Waals surface area contributed by atoms with E-state index in [1.807, 2.05) is 13.8 Å². The van der Waals surface area contributed by atoms with Gasteiger partial charge in [-0.3, -0.25) is 0 Å². The van der Waals surface area contributed by atoms with E-state index in [4.69, 9.17) is 26.6 Å². The first-order chi connectivity index (χ1) is 10.4. The average molecular weight is 323 g/mol. The number of hydrogen-bond donors (Lipinski definition) is 2. The molecule has 5 heteroatoms. The highest BCUT2D eigenvalue weighted by molar-refractivity contribution is 6.31. The Labute approximate surface area is 134 Å². The lowest BCUT2D eigenvalue weighted by molar-refractivity contribution is 0.0505. The number of rotatable bonds is 3. The molecule has 2 aromatic rings. The van der Waals surface area contributed by atoms with Gasteiger partial charge in [-0.15, -0.1) is 0 Å². The van der Waals surface area contributed by atoms with Gasteiger partial charge in [-0.05, 0) is 61.4 Å². The number of aryl methyl sites for hydroxylation is 1. The van der Waals surface area contributed by atoms with Crippen LogP contribution in [0.15, 0.2) is 42.5 Å². The van der Waals surface area contributed by atoms with E-state index in [-0.39, 0.29) is 17.5 Å². The van der Waals surface area contributed by atoms with Crippen molar-refractivity contribution in [1.29, 1.82) is 0 Å². The van der Waals surface area contributed by atoms with Gasteiger partial charge in [0.2, 0.25) is 0 Å². The number of benzene rings is 2. The molecular formula is C17H19ClO4. The summed E-state index contributed by atoms with van der Waals surface area (Å²) in [7, 11) is 0. The van der Waals surface area contributed by atoms with Crippen LogP contribution >= 0.6 is 11.6 Å². The first kappa shape index (κ1) is 17.9. The Kier molecular flexibility index (Phi) is 7.26. The minimum absolute atomic E-state index is 0.145. The zero-order chi connectivity index (χ0) is 16.5. The fourth-order valence-electron chi connectivity index (χ4n) is 1.50. The van der Waals surface area contributed by atoms with E-state index >= 15 is 0 Å². The van der Waals surface area contributed by atoms with Crippen LogP contribution in [0.3, 0.4) is 0 Å². The molecule has 0 radical (unpaired) electrons. The number of esters is 1. The van der Waals surface area contributed by atoms with Crippen molar-refractivity contribution in [3.63, 3.8) is 0 Å². The van der Waals surface area contributed by atoms with E-state index in [0.29, 0.717) is 17.2 Å². The molecule has 0 aliphatic heterocycles. The summed E-state index contributed by atoms with van der Waals surface area (Å²) >= 11 is 5.67. The van der Waals surface area contributed by atoms with Gasteiger partial charge in [0.05, 0.1) is 12.2 Å². The third kappa shape index (κ3) is 6.06. The second kappa shape index (κ2) is 8.95. The number of phenolic OH excluding ortho intramolecular Hbond substituents is 2. The van der Waals surface area contributed by atoms with Gasteiger partial charge in [0.1, 0.15) is 11.5 Å². The molecule has 22 heavy (non-hydrogen) atoms. The minimum atomic E-state index is -0.346. The van der Waals surface area contributed by atoms with E-state index in [2.05, 4.69) is 0 Å². The summed E-state index contributed by atoms with van der Waals surface area (Å²) in [4.78, 5) is 11.2. The Morgan fingerprint density at radius 1 is 1.09 bits per heavy atom. The lowest BCUT2D eigenvalue weighted by Crippen LogP contribution is -2.05. The molecule has 0 aliphatic carbocycles. The summed E-state index contributed by atoms with van der Waals surface area (Å²) in [6.07, 6.45) is 0.809. The highest BCUT2D eigenvalue weighted by Gasteiger charge is 2.05. The van der Waals surface area contributed by atoms with Gasteiger partial charge in [-0.1, -0.05) is 18.5 Å². The Hall–Kier alpha value is -2.20. The Morgan fingerprint density at radius 3 is 2.18 bits per heavy atom. The summed E-state index contributed by atoms with van der Waals surface area (Å²) in [6.45, 7) is 4.21. The highest BCUT2D eigenvalue weighted by atomic mass is 35.5. The monoisotopic (exact) mass is 322 g/mol. The molecule has 2 N–H and O–H groups in total. The van der Waals surface area contributed by atoms with Crippen LogP contribution in [-0.4, -0.2) is 22.8 Å². The number of carbonyl (C=O) groups excluding carboxylic acids is 1. The van der Waals surface area contributed by atoms with Gasteiger partial charge >= 0.3 is 5.97 Å². The van der Waals surface area contributed by atoms with E-state index < -0.39 is 0 Å². The number of ether oxygens (including phenoxy) is 1. The van der Waals surface area contributed by atoms with Gasteiger partial charge in [-0.25, -0.2) is 4.79 Å². The number of aromatic hydroxyl groups is 2. The zero-order valence-corrected chi connectivity index (χ0v) is 13.3. The van der Waals surface area contributed by atoms with Crippen molar-refractivity contribution in [2.75, 3.05) is 6.61 Å². The van der Waals surface area contributed by atoms with Gasteiger partial charge in [0.25, 0.3) is 0 Å². The normalized spacial score (nSPS) is 9.59. The molecule has 0 fully saturated rings. The molecule has 0 aromatic heterocycles. The maximum atomic E-state index is 11.2. The first-order valence-electron chi connectivity index (χ1n) is 6.85. The van der Waals surface area contributed by atoms with Crippen molar-refractivity contribution in [3.05, 3.63) is 58.6 Å². The molecule has 0 saturated heterocycles. The molecule has 0 heterocycles. The lowest BCUT2D eigenvalue weighted by Gasteiger charge is -2.02. The minimum Gasteiger partial charge on any atom is -0.508 e. The quantitative estimate of drug-likeness (QED) is 0.826. The number of halogens is 1. The molecule has 0 aliphatic rings. The third-order valence-corrected chi connectivity index (χ3v) is 3.11. The molecule has 0 bridgehead atoms. The molecule has 0 unspecified atom stereocenters. The fourth-order valence-corrected chi connectivity index (χ4v) is 1.62. The predicted molar refractivity (Wildman–Crippen MR) is 86.5 cm³/mol. The smallest absolute Gasteiger partial charge is 0.338 e. The molecular weight excluding hydrogens is 304 g/mol. The zero-order valence-electron chi connectivity index (χ0n) is 12.5. The molecule has 0 atom stereocenters. The van der Waals surface area contributed by atoms with Crippen LogP contribution in [0.5, 0.6) is 11.5 Å². The summed E-state index contributed by atoms with van der Waals surface area (Å²) in [5.41, 5.74) is 1.36. The maximum Gasteiger partial charge on any atom is 0.338 e. The van der Waals surface area contributed by atoms with Gasteiger partial charge in [-0.2, -0.15) is 0 Å². The molecule has 0 amide bonds. The van der Waals surface area contributed by atoms with Gasteiger partial charge in [0.15, 0.2) is 0 Å². The lowest BCUT2D eigenvalue weighted by atomic mass is 10.2. The highest BCUT2D eigenvalue weighted by Crippen LogP contribution is 2.19. The molecule has 4 nitrogen and oxygen atoms in total. The topological polar surface area (TPSA) is 66.8 Å². The second-order valence-electron chi connectivity index (χ2n) is 4.62. The largest absolute Gasteiger partial charge is 0.508 e. The molecule has 118 valence electrons. The average Bonchev–Trinajstić information content (AvgIpc) is 2.50. The Morgan fingerprint density at radius 2 is 1.68 bits per heavy atom. The first-order valence-corrected chi connectivity index (χ1v) is 7.23. The van der Waals surface area contributed by atoms with Crippen LogP contribution in [-0.2, 0) is 4.74 Å². The summed E-state index contributed by atoms with van der Waals surface area (Å²) in [6, 6.07) is 10.9. The predicted octanol–water partition coefficient (Wildman–Crippen LogP) is 4.31. The fraction of sp³-hybridized carbons (Fsp3) is 0.235. The van der Waals surface area contributed by atoms with E-state index in [0.717, 1.165) is 12.0 Å². The molecule has 2 rings (SSSR count). The van der Waals surface area contributed by atoms with Crippen LogP contribution in [0.4, 0.5) is 0 Å². The number of carbonyl (C=O) groups is 1. The second-order valence-corrected chi connectivity index (χ2v) is 5.02.